The Balaban J connectivity index is 0.00000338. The van der Waals surface area contributed by atoms with Crippen LogP contribution in [0.3, 0.4) is 0 Å². The van der Waals surface area contributed by atoms with E-state index in [1.165, 1.54) is 18.2 Å². The van der Waals surface area contributed by atoms with E-state index in [4.69, 9.17) is 11.5 Å². The number of nitrogens with one attached hydrogen (secondary N) is 1. The minimum absolute atomic E-state index is 0. The summed E-state index contributed by atoms with van der Waals surface area (Å²) in [5, 5.41) is 2.55. The molecule has 10 heteroatoms. The van der Waals surface area contributed by atoms with Crippen molar-refractivity contribution >= 4 is 41.5 Å². The number of benzene rings is 2. The van der Waals surface area contributed by atoms with Gasteiger partial charge in [-0.25, -0.2) is 4.99 Å². The Morgan fingerprint density at radius 2 is 1.81 bits per heavy atom. The number of nitrogens with two attached hydrogens (primary N) is 2. The van der Waals surface area contributed by atoms with E-state index in [1.807, 2.05) is 0 Å². The quantitative estimate of drug-likeness (QED) is 0.348. The minimum Gasteiger partial charge on any atom is -0.404 e. The zero-order valence-electron chi connectivity index (χ0n) is 13.3. The van der Waals surface area contributed by atoms with Crippen LogP contribution in [0.4, 0.5) is 18.9 Å². The molecule has 2 aromatic carbocycles. The Labute approximate surface area is 164 Å². The second kappa shape index (κ2) is 9.27. The lowest BCUT2D eigenvalue weighted by Gasteiger charge is -2.14. The van der Waals surface area contributed by atoms with E-state index < -0.39 is 18.0 Å². The summed E-state index contributed by atoms with van der Waals surface area (Å²) >= 11 is 0. The fourth-order valence-corrected chi connectivity index (χ4v) is 1.96. The molecule has 6 nitrogen and oxygen atoms in total. The first-order valence-electron chi connectivity index (χ1n) is 7.05. The molecule has 0 radical (unpaired) electrons. The molecular weight excluding hydrogens is 464 g/mol. The number of ether oxygens (including phenoxy) is 1. The number of para-hydroxylation sites is 2. The van der Waals surface area contributed by atoms with E-state index in [0.29, 0.717) is 11.1 Å². The molecule has 0 heterocycles. The molecule has 0 aromatic heterocycles. The highest BCUT2D eigenvalue weighted by molar-refractivity contribution is 14.0. The number of carbonyl (C=O) groups is 1. The third kappa shape index (κ3) is 6.78. The summed E-state index contributed by atoms with van der Waals surface area (Å²) in [4.78, 5) is 15.1. The zero-order valence-corrected chi connectivity index (χ0v) is 15.6. The molecule has 2 aromatic rings. The highest BCUT2D eigenvalue weighted by Gasteiger charge is 2.32. The molecule has 0 aliphatic carbocycles. The lowest BCUT2D eigenvalue weighted by Crippen LogP contribution is -2.24. The average molecular weight is 480 g/mol. The van der Waals surface area contributed by atoms with Crippen LogP contribution in [0.25, 0.3) is 0 Å². The zero-order chi connectivity index (χ0) is 18.4. The molecule has 0 spiro atoms. The van der Waals surface area contributed by atoms with E-state index in [9.17, 15) is 18.0 Å². The predicted molar refractivity (Wildman–Crippen MR) is 102 cm³/mol. The van der Waals surface area contributed by atoms with Gasteiger partial charge >= 0.3 is 6.36 Å². The monoisotopic (exact) mass is 480 g/mol. The molecule has 0 unspecified atom stereocenters. The van der Waals surface area contributed by atoms with Gasteiger partial charge in [0, 0.05) is 5.56 Å². The van der Waals surface area contributed by atoms with Crippen LogP contribution in [-0.2, 0) is 6.54 Å². The van der Waals surface area contributed by atoms with Crippen molar-refractivity contribution in [2.75, 3.05) is 5.32 Å². The number of amides is 1. The fraction of sp³-hybridized carbons (Fsp3) is 0.125. The van der Waals surface area contributed by atoms with Crippen LogP contribution >= 0.6 is 24.0 Å². The lowest BCUT2D eigenvalue weighted by atomic mass is 10.1. The number of carbonyl (C=O) groups excluding carboxylic acids is 1. The maximum atomic E-state index is 12.4. The Bertz CT molecular complexity index is 797. The van der Waals surface area contributed by atoms with E-state index in [-0.39, 0.29) is 42.2 Å². The molecule has 5 N–H and O–H groups in total. The van der Waals surface area contributed by atoms with Crippen LogP contribution in [0.1, 0.15) is 15.9 Å². The highest BCUT2D eigenvalue weighted by atomic mass is 127. The first-order valence-corrected chi connectivity index (χ1v) is 7.05. The molecule has 0 fully saturated rings. The number of anilines is 1. The predicted octanol–water partition coefficient (Wildman–Crippen LogP) is 3.23. The first kappa shape index (κ1) is 21.5. The maximum Gasteiger partial charge on any atom is 0.573 e. The topological polar surface area (TPSA) is 103 Å². The molecule has 26 heavy (non-hydrogen) atoms. The van der Waals surface area contributed by atoms with Crippen molar-refractivity contribution in [2.24, 2.45) is 16.5 Å². The van der Waals surface area contributed by atoms with Crippen LogP contribution in [0.2, 0.25) is 0 Å². The van der Waals surface area contributed by atoms with Crippen LogP contribution < -0.4 is 21.5 Å². The third-order valence-corrected chi connectivity index (χ3v) is 3.02. The number of hydrogen-bond acceptors (Lipinski definition) is 3. The van der Waals surface area contributed by atoms with Crippen molar-refractivity contribution in [3.05, 3.63) is 59.7 Å². The van der Waals surface area contributed by atoms with Gasteiger partial charge in [0.05, 0.1) is 12.2 Å². The maximum absolute atomic E-state index is 12.4. The van der Waals surface area contributed by atoms with Gasteiger partial charge < -0.3 is 21.5 Å². The van der Waals surface area contributed by atoms with Gasteiger partial charge in [-0.3, -0.25) is 4.79 Å². The van der Waals surface area contributed by atoms with E-state index >= 15 is 0 Å². The number of rotatable bonds is 5. The summed E-state index contributed by atoms with van der Waals surface area (Å²) < 4.78 is 41.1. The van der Waals surface area contributed by atoms with Gasteiger partial charge in [0.15, 0.2) is 11.7 Å². The summed E-state index contributed by atoms with van der Waals surface area (Å²) in [6.45, 7) is 0.113. The lowest BCUT2D eigenvalue weighted by molar-refractivity contribution is -0.274. The smallest absolute Gasteiger partial charge is 0.404 e. The number of primary amides is 1. The number of aliphatic imine (C=N–C) groups is 1. The first-order chi connectivity index (χ1) is 11.7. The number of alkyl halides is 3. The van der Waals surface area contributed by atoms with Gasteiger partial charge in [-0.2, -0.15) is 0 Å². The summed E-state index contributed by atoms with van der Waals surface area (Å²) in [7, 11) is 0. The largest absolute Gasteiger partial charge is 0.573 e. The van der Waals surface area contributed by atoms with Crippen molar-refractivity contribution in [3.63, 3.8) is 0 Å². The highest BCUT2D eigenvalue weighted by Crippen LogP contribution is 2.29. The molecule has 0 saturated heterocycles. The Morgan fingerprint density at radius 1 is 1.12 bits per heavy atom. The Kier molecular flexibility index (Phi) is 7.68. The summed E-state index contributed by atoms with van der Waals surface area (Å²) in [6, 6.07) is 11.9. The number of nitrogens with zero attached hydrogens (tertiary/aromatic N) is 1. The number of guanidine groups is 1. The molecule has 0 aliphatic rings. The van der Waals surface area contributed by atoms with Crippen molar-refractivity contribution in [3.8, 4) is 5.75 Å². The van der Waals surface area contributed by atoms with Crippen molar-refractivity contribution in [1.82, 2.24) is 0 Å². The molecule has 0 atom stereocenters. The van der Waals surface area contributed by atoms with E-state index in [2.05, 4.69) is 15.0 Å². The number of halogens is 4. The molecule has 0 saturated carbocycles. The summed E-state index contributed by atoms with van der Waals surface area (Å²) in [6.07, 6.45) is -4.82. The van der Waals surface area contributed by atoms with Crippen LogP contribution in [-0.4, -0.2) is 18.2 Å². The second-order valence-electron chi connectivity index (χ2n) is 4.94. The second-order valence-corrected chi connectivity index (χ2v) is 4.94. The van der Waals surface area contributed by atoms with Crippen molar-refractivity contribution < 1.29 is 22.7 Å². The van der Waals surface area contributed by atoms with Crippen LogP contribution in [0.15, 0.2) is 53.5 Å². The van der Waals surface area contributed by atoms with Crippen LogP contribution in [0.5, 0.6) is 5.75 Å². The van der Waals surface area contributed by atoms with Gasteiger partial charge in [0.1, 0.15) is 0 Å². The average Bonchev–Trinajstić information content (AvgIpc) is 2.54. The number of hydrogen-bond donors (Lipinski definition) is 3. The minimum atomic E-state index is -4.82. The third-order valence-electron chi connectivity index (χ3n) is 3.02. The SMILES string of the molecule is I.NC(=O)c1cccc(CN=C(N)Nc2ccccc2OC(F)(F)F)c1. The van der Waals surface area contributed by atoms with E-state index in [1.54, 1.807) is 24.3 Å². The van der Waals surface area contributed by atoms with Gasteiger partial charge in [-0.15, -0.1) is 37.1 Å². The summed E-state index contributed by atoms with van der Waals surface area (Å²) in [5.74, 6) is -1.11. The Morgan fingerprint density at radius 3 is 2.46 bits per heavy atom. The molecule has 0 bridgehead atoms. The van der Waals surface area contributed by atoms with Gasteiger partial charge in [0.2, 0.25) is 5.91 Å². The fourth-order valence-electron chi connectivity index (χ4n) is 1.96. The van der Waals surface area contributed by atoms with Crippen molar-refractivity contribution in [1.29, 1.82) is 0 Å². The van der Waals surface area contributed by atoms with Gasteiger partial charge in [-0.1, -0.05) is 24.3 Å². The van der Waals surface area contributed by atoms with Crippen molar-refractivity contribution in [2.45, 2.75) is 12.9 Å². The molecule has 140 valence electrons. The normalized spacial score (nSPS) is 11.4. The molecular formula is C16H16F3IN4O2. The summed E-state index contributed by atoms with van der Waals surface area (Å²) in [5.41, 5.74) is 11.9. The molecule has 2 rings (SSSR count). The van der Waals surface area contributed by atoms with Gasteiger partial charge in [-0.05, 0) is 29.8 Å². The standard InChI is InChI=1S/C16H15F3N4O2.HI/c17-16(18,19)25-13-7-2-1-6-12(13)23-15(21)22-9-10-4-3-5-11(8-10)14(20)24;/h1-8H,9H2,(H2,20,24)(H3,21,22,23);1H. The van der Waals surface area contributed by atoms with Gasteiger partial charge in [0.25, 0.3) is 0 Å². The molecule has 0 aliphatic heterocycles. The molecule has 1 amide bonds. The Hall–Kier alpha value is -2.50. The van der Waals surface area contributed by atoms with Crippen LogP contribution in [0, 0.1) is 0 Å². The van der Waals surface area contributed by atoms with E-state index in [0.717, 1.165) is 6.07 Å².